The lowest BCUT2D eigenvalue weighted by Gasteiger charge is -2.16. The van der Waals surface area contributed by atoms with Crippen molar-refractivity contribution in [3.63, 3.8) is 0 Å². The van der Waals surface area contributed by atoms with E-state index >= 15 is 0 Å². The van der Waals surface area contributed by atoms with Crippen molar-refractivity contribution < 1.29 is 33.8 Å². The molecule has 0 radical (unpaired) electrons. The van der Waals surface area contributed by atoms with Crippen LogP contribution in [0.25, 0.3) is 0 Å². The Bertz CT molecular complexity index is 1200. The number of ether oxygens (including phenoxy) is 2. The first kappa shape index (κ1) is 27.9. The summed E-state index contributed by atoms with van der Waals surface area (Å²) in [6.45, 7) is 4.66. The molecule has 0 spiro atoms. The molecule has 0 aromatic heterocycles. The van der Waals surface area contributed by atoms with E-state index in [4.69, 9.17) is 9.47 Å². The van der Waals surface area contributed by atoms with Gasteiger partial charge in [-0.3, -0.25) is 4.79 Å². The first-order chi connectivity index (χ1) is 17.7. The third-order valence-electron chi connectivity index (χ3n) is 5.21. The van der Waals surface area contributed by atoms with Gasteiger partial charge in [0, 0.05) is 22.3 Å². The number of nitrogens with zero attached hydrogens (tertiary/aromatic N) is 1. The first-order valence-electron chi connectivity index (χ1n) is 11.7. The topological polar surface area (TPSA) is 111 Å². The fraction of sp³-hybridized carbons (Fsp3) is 0.286. The molecule has 2 atom stereocenters. The fourth-order valence-corrected chi connectivity index (χ4v) is 3.98. The summed E-state index contributed by atoms with van der Waals surface area (Å²) >= 11 is 1.46. The Balaban J connectivity index is 1.46. The quantitative estimate of drug-likeness (QED) is 0.144. The summed E-state index contributed by atoms with van der Waals surface area (Å²) in [6, 6.07) is 13.8. The highest BCUT2D eigenvalue weighted by Gasteiger charge is 2.14. The van der Waals surface area contributed by atoms with E-state index in [2.05, 4.69) is 16.9 Å². The normalized spacial score (nSPS) is 15.9. The van der Waals surface area contributed by atoms with Gasteiger partial charge in [0.15, 0.2) is 0 Å². The molecule has 0 fully saturated rings. The maximum absolute atomic E-state index is 12.3. The van der Waals surface area contributed by atoms with Gasteiger partial charge in [-0.05, 0) is 79.9 Å². The van der Waals surface area contributed by atoms with E-state index in [-0.39, 0.29) is 24.7 Å². The monoisotopic (exact) mass is 523 g/mol. The molecule has 2 aromatic rings. The van der Waals surface area contributed by atoms with Crippen LogP contribution in [0.1, 0.15) is 47.9 Å². The lowest BCUT2D eigenvalue weighted by Crippen LogP contribution is -2.23. The summed E-state index contributed by atoms with van der Waals surface area (Å²) in [7, 11) is 0. The van der Waals surface area contributed by atoms with Crippen LogP contribution in [-0.2, 0) is 19.1 Å². The van der Waals surface area contributed by atoms with Crippen LogP contribution >= 0.6 is 11.8 Å². The SMILES string of the molecule is CC(=O)O/N=C(\C)C(=O)c1ccc(Sc2ccc(C(=O)OCC(O)COC3=CCC(C)C=C3)cc2)cc1. The Morgan fingerprint density at radius 1 is 1.00 bits per heavy atom. The van der Waals surface area contributed by atoms with Crippen molar-refractivity contribution in [1.29, 1.82) is 0 Å². The van der Waals surface area contributed by atoms with E-state index in [0.29, 0.717) is 22.8 Å². The van der Waals surface area contributed by atoms with Crippen molar-refractivity contribution in [3.8, 4) is 0 Å². The second-order valence-corrected chi connectivity index (χ2v) is 9.63. The first-order valence-corrected chi connectivity index (χ1v) is 12.5. The van der Waals surface area contributed by atoms with Gasteiger partial charge >= 0.3 is 11.9 Å². The molecular weight excluding hydrogens is 494 g/mol. The number of hydrogen-bond donors (Lipinski definition) is 1. The van der Waals surface area contributed by atoms with Crippen LogP contribution in [-0.4, -0.2) is 47.9 Å². The van der Waals surface area contributed by atoms with Crippen LogP contribution in [0.2, 0.25) is 0 Å². The number of Topliss-reactive ketones (excluding diaryl/α,β-unsaturated/α-hetero) is 1. The second-order valence-electron chi connectivity index (χ2n) is 8.48. The predicted molar refractivity (Wildman–Crippen MR) is 139 cm³/mol. The average Bonchev–Trinajstić information content (AvgIpc) is 2.90. The standard InChI is InChI=1S/C28H29NO7S/c1-18-4-10-24(11-5-18)34-16-23(31)17-35-28(33)22-8-14-26(15-9-22)37-25-12-6-21(7-13-25)27(32)19(2)29-36-20(3)30/h4,6-15,18,23,31H,5,16-17H2,1-3H3/b29-19+. The average molecular weight is 524 g/mol. The number of carbonyl (C=O) groups is 3. The maximum atomic E-state index is 12.3. The molecule has 2 unspecified atom stereocenters. The van der Waals surface area contributed by atoms with E-state index < -0.39 is 18.0 Å². The third-order valence-corrected chi connectivity index (χ3v) is 6.23. The molecular formula is C28H29NO7S. The van der Waals surface area contributed by atoms with Crippen molar-refractivity contribution in [3.05, 3.63) is 83.6 Å². The molecule has 1 aliphatic rings. The molecule has 8 nitrogen and oxygen atoms in total. The van der Waals surface area contributed by atoms with Crippen LogP contribution in [0, 0.1) is 5.92 Å². The number of aliphatic hydroxyl groups excluding tert-OH is 1. The molecule has 194 valence electrons. The van der Waals surface area contributed by atoms with E-state index in [0.717, 1.165) is 16.2 Å². The molecule has 37 heavy (non-hydrogen) atoms. The Hall–Kier alpha value is -3.69. The van der Waals surface area contributed by atoms with Crippen LogP contribution < -0.4 is 0 Å². The minimum absolute atomic E-state index is 0.0381. The summed E-state index contributed by atoms with van der Waals surface area (Å²) in [6.07, 6.45) is 5.86. The van der Waals surface area contributed by atoms with E-state index in [9.17, 15) is 19.5 Å². The van der Waals surface area contributed by atoms with Crippen LogP contribution in [0.15, 0.2) is 87.5 Å². The molecule has 9 heteroatoms. The number of allylic oxidation sites excluding steroid dienone is 3. The van der Waals surface area contributed by atoms with Crippen molar-refractivity contribution in [2.24, 2.45) is 11.1 Å². The molecule has 1 N–H and O–H groups in total. The highest BCUT2D eigenvalue weighted by molar-refractivity contribution is 7.99. The largest absolute Gasteiger partial charge is 0.491 e. The second kappa shape index (κ2) is 13.6. The van der Waals surface area contributed by atoms with E-state index in [1.165, 1.54) is 25.6 Å². The lowest BCUT2D eigenvalue weighted by molar-refractivity contribution is -0.140. The van der Waals surface area contributed by atoms with Gasteiger partial charge in [0.2, 0.25) is 5.78 Å². The van der Waals surface area contributed by atoms with Crippen molar-refractivity contribution in [1.82, 2.24) is 0 Å². The molecule has 2 aromatic carbocycles. The van der Waals surface area contributed by atoms with Crippen molar-refractivity contribution in [2.45, 2.75) is 43.1 Å². The van der Waals surface area contributed by atoms with Gasteiger partial charge < -0.3 is 19.4 Å². The van der Waals surface area contributed by atoms with Crippen molar-refractivity contribution >= 4 is 35.2 Å². The van der Waals surface area contributed by atoms with Gasteiger partial charge in [-0.15, -0.1) is 0 Å². The van der Waals surface area contributed by atoms with Crippen LogP contribution in [0.4, 0.5) is 0 Å². The zero-order valence-electron chi connectivity index (χ0n) is 20.9. The molecule has 1 aliphatic carbocycles. The van der Waals surface area contributed by atoms with E-state index in [1.807, 2.05) is 18.2 Å². The predicted octanol–water partition coefficient (Wildman–Crippen LogP) is 4.97. The Labute approximate surface area is 220 Å². The zero-order valence-corrected chi connectivity index (χ0v) is 21.7. The molecule has 3 rings (SSSR count). The van der Waals surface area contributed by atoms with Gasteiger partial charge in [0.25, 0.3) is 0 Å². The minimum atomic E-state index is -0.931. The fourth-order valence-electron chi connectivity index (χ4n) is 3.16. The molecule has 0 bridgehead atoms. The Morgan fingerprint density at radius 3 is 2.19 bits per heavy atom. The Morgan fingerprint density at radius 2 is 1.62 bits per heavy atom. The maximum Gasteiger partial charge on any atom is 0.338 e. The summed E-state index contributed by atoms with van der Waals surface area (Å²) in [4.78, 5) is 41.8. The van der Waals surface area contributed by atoms with Crippen molar-refractivity contribution in [2.75, 3.05) is 13.2 Å². The number of carbonyl (C=O) groups excluding carboxylic acids is 3. The number of rotatable bonds is 11. The molecule has 0 heterocycles. The van der Waals surface area contributed by atoms with Gasteiger partial charge in [-0.2, -0.15) is 0 Å². The summed E-state index contributed by atoms with van der Waals surface area (Å²) in [5.41, 5.74) is 0.865. The molecule has 0 saturated heterocycles. The highest BCUT2D eigenvalue weighted by atomic mass is 32.2. The molecule has 0 amide bonds. The Kier molecular flexibility index (Phi) is 10.2. The van der Waals surface area contributed by atoms with Crippen LogP contribution in [0.5, 0.6) is 0 Å². The molecule has 0 aliphatic heterocycles. The zero-order chi connectivity index (χ0) is 26.8. The number of esters is 1. The lowest BCUT2D eigenvalue weighted by atomic mass is 10.0. The minimum Gasteiger partial charge on any atom is -0.491 e. The number of hydrogen-bond acceptors (Lipinski definition) is 9. The molecule has 0 saturated carbocycles. The van der Waals surface area contributed by atoms with Gasteiger partial charge in [0.1, 0.15) is 30.8 Å². The number of oxime groups is 1. The third kappa shape index (κ3) is 9.04. The summed E-state index contributed by atoms with van der Waals surface area (Å²) in [5, 5.41) is 13.6. The summed E-state index contributed by atoms with van der Waals surface area (Å²) in [5.74, 6) is -0.281. The van der Waals surface area contributed by atoms with Gasteiger partial charge in [-0.1, -0.05) is 29.9 Å². The van der Waals surface area contributed by atoms with E-state index in [1.54, 1.807) is 48.5 Å². The smallest absolute Gasteiger partial charge is 0.338 e. The highest BCUT2D eigenvalue weighted by Crippen LogP contribution is 2.28. The summed E-state index contributed by atoms with van der Waals surface area (Å²) < 4.78 is 10.8. The van der Waals surface area contributed by atoms with Gasteiger partial charge in [-0.25, -0.2) is 9.59 Å². The van der Waals surface area contributed by atoms with Gasteiger partial charge in [0.05, 0.1) is 5.56 Å². The number of ketones is 1. The number of aliphatic hydroxyl groups is 1. The number of benzene rings is 2. The van der Waals surface area contributed by atoms with Crippen LogP contribution in [0.3, 0.4) is 0 Å².